The number of anilines is 1. The van der Waals surface area contributed by atoms with Crippen LogP contribution in [0.4, 0.5) is 10.2 Å². The molecule has 2 amide bonds. The standard InChI is InChI=1S/C28H31ClFN5O4/c1-3-21(37)33-11-13-35-17(14-33)15-39-26-23(28(35)38)27(34-12-10-32-9-5-7-19(32)16(34)2)31-25(24(26)29)22-18(30)6-4-8-20(22)36/h3-4,6,8,16-17,19,36H,1,5,7,9-15H2,2H3/t16-,17+,19?/m0/s1. The first kappa shape index (κ1) is 25.9. The number of nitrogens with zero attached hydrogens (tertiary/aromatic N) is 5. The van der Waals surface area contributed by atoms with Crippen LogP contribution in [-0.4, -0.2) is 101 Å². The normalized spacial score (nSPS) is 24.9. The van der Waals surface area contributed by atoms with Gasteiger partial charge in [-0.3, -0.25) is 14.5 Å². The summed E-state index contributed by atoms with van der Waals surface area (Å²) in [7, 11) is 0. The molecule has 206 valence electrons. The molecule has 3 atom stereocenters. The van der Waals surface area contributed by atoms with Crippen molar-refractivity contribution in [2.24, 2.45) is 0 Å². The molecule has 3 saturated heterocycles. The summed E-state index contributed by atoms with van der Waals surface area (Å²) in [5, 5.41) is 10.6. The predicted octanol–water partition coefficient (Wildman–Crippen LogP) is 3.15. The van der Waals surface area contributed by atoms with E-state index < -0.39 is 11.9 Å². The van der Waals surface area contributed by atoms with Gasteiger partial charge in [0.1, 0.15) is 40.3 Å². The van der Waals surface area contributed by atoms with Crippen molar-refractivity contribution in [3.05, 3.63) is 47.3 Å². The number of aromatic hydroxyl groups is 1. The van der Waals surface area contributed by atoms with Crippen molar-refractivity contribution in [3.8, 4) is 22.8 Å². The average molecular weight is 556 g/mol. The Labute approximate surface area is 231 Å². The number of rotatable bonds is 3. The summed E-state index contributed by atoms with van der Waals surface area (Å²) in [6, 6.07) is 3.95. The van der Waals surface area contributed by atoms with Gasteiger partial charge in [0, 0.05) is 44.8 Å². The SMILES string of the molecule is C=CC(=O)N1CCN2C(=O)c3c(N4CCN5CCCC5[C@@H]4C)nc(-c4c(O)cccc4F)c(Cl)c3OC[C@H]2C1. The van der Waals surface area contributed by atoms with E-state index in [0.29, 0.717) is 38.0 Å². The molecule has 6 rings (SSSR count). The van der Waals surface area contributed by atoms with E-state index in [0.717, 1.165) is 25.9 Å². The summed E-state index contributed by atoms with van der Waals surface area (Å²) in [5.74, 6) is -0.972. The zero-order valence-corrected chi connectivity index (χ0v) is 22.5. The third-order valence-corrected chi connectivity index (χ3v) is 8.88. The predicted molar refractivity (Wildman–Crippen MR) is 145 cm³/mol. The second-order valence-corrected chi connectivity index (χ2v) is 10.9. The summed E-state index contributed by atoms with van der Waals surface area (Å²) < 4.78 is 21.3. The highest BCUT2D eigenvalue weighted by Gasteiger charge is 2.44. The Morgan fingerprint density at radius 2 is 2.00 bits per heavy atom. The number of benzene rings is 1. The number of ether oxygens (including phenoxy) is 1. The van der Waals surface area contributed by atoms with E-state index in [1.807, 2.05) is 0 Å². The quantitative estimate of drug-likeness (QED) is 0.582. The van der Waals surface area contributed by atoms with Crippen molar-refractivity contribution >= 4 is 29.2 Å². The van der Waals surface area contributed by atoms with Gasteiger partial charge in [-0.05, 0) is 44.5 Å². The first-order chi connectivity index (χ1) is 18.8. The van der Waals surface area contributed by atoms with Gasteiger partial charge in [0.25, 0.3) is 5.91 Å². The van der Waals surface area contributed by atoms with Crippen LogP contribution >= 0.6 is 11.6 Å². The van der Waals surface area contributed by atoms with Crippen molar-refractivity contribution in [1.29, 1.82) is 0 Å². The van der Waals surface area contributed by atoms with Crippen LogP contribution in [0.3, 0.4) is 0 Å². The van der Waals surface area contributed by atoms with E-state index in [-0.39, 0.29) is 57.8 Å². The molecule has 9 nitrogen and oxygen atoms in total. The maximum atomic E-state index is 15.1. The van der Waals surface area contributed by atoms with Crippen LogP contribution in [0.1, 0.15) is 30.1 Å². The summed E-state index contributed by atoms with van der Waals surface area (Å²) >= 11 is 6.84. The number of hydrogen-bond donors (Lipinski definition) is 1. The van der Waals surface area contributed by atoms with Crippen LogP contribution in [0, 0.1) is 5.82 Å². The lowest BCUT2D eigenvalue weighted by atomic mass is 10.0. The van der Waals surface area contributed by atoms with E-state index in [4.69, 9.17) is 21.3 Å². The smallest absolute Gasteiger partial charge is 0.261 e. The van der Waals surface area contributed by atoms with Crippen LogP contribution in [0.2, 0.25) is 5.02 Å². The molecule has 3 fully saturated rings. The molecule has 2 aromatic rings. The van der Waals surface area contributed by atoms with Crippen molar-refractivity contribution in [3.63, 3.8) is 0 Å². The van der Waals surface area contributed by atoms with E-state index >= 15 is 4.39 Å². The van der Waals surface area contributed by atoms with Crippen molar-refractivity contribution in [1.82, 2.24) is 19.7 Å². The number of aromatic nitrogens is 1. The molecule has 39 heavy (non-hydrogen) atoms. The third-order valence-electron chi connectivity index (χ3n) is 8.53. The Morgan fingerprint density at radius 3 is 2.77 bits per heavy atom. The van der Waals surface area contributed by atoms with Gasteiger partial charge in [0.15, 0.2) is 5.75 Å². The van der Waals surface area contributed by atoms with E-state index in [1.54, 1.807) is 9.80 Å². The number of carbonyl (C=O) groups excluding carboxylic acids is 2. The number of amides is 2. The van der Waals surface area contributed by atoms with Gasteiger partial charge in [-0.15, -0.1) is 0 Å². The molecule has 1 unspecified atom stereocenters. The molecule has 0 spiro atoms. The number of piperazine rings is 2. The minimum absolute atomic E-state index is 0.0261. The molecule has 5 heterocycles. The number of hydrogen-bond acceptors (Lipinski definition) is 7. The number of fused-ring (bicyclic) bond motifs is 3. The Morgan fingerprint density at radius 1 is 1.21 bits per heavy atom. The van der Waals surface area contributed by atoms with Gasteiger partial charge in [-0.2, -0.15) is 0 Å². The zero-order valence-electron chi connectivity index (χ0n) is 21.8. The van der Waals surface area contributed by atoms with Crippen molar-refractivity contribution in [2.75, 3.05) is 50.8 Å². The fourth-order valence-corrected chi connectivity index (χ4v) is 6.80. The highest BCUT2D eigenvalue weighted by molar-refractivity contribution is 6.35. The van der Waals surface area contributed by atoms with Crippen LogP contribution in [0.5, 0.6) is 11.5 Å². The minimum Gasteiger partial charge on any atom is -0.507 e. The highest BCUT2D eigenvalue weighted by Crippen LogP contribution is 2.47. The molecule has 0 bridgehead atoms. The van der Waals surface area contributed by atoms with Crippen molar-refractivity contribution < 1.29 is 23.8 Å². The average Bonchev–Trinajstić information content (AvgIpc) is 3.36. The maximum absolute atomic E-state index is 15.1. The summed E-state index contributed by atoms with van der Waals surface area (Å²) in [6.07, 6.45) is 3.42. The molecule has 4 aliphatic heterocycles. The monoisotopic (exact) mass is 555 g/mol. The molecule has 1 N–H and O–H groups in total. The lowest BCUT2D eigenvalue weighted by Crippen LogP contribution is -2.58. The van der Waals surface area contributed by atoms with Gasteiger partial charge in [-0.1, -0.05) is 24.2 Å². The van der Waals surface area contributed by atoms with Gasteiger partial charge in [-0.25, -0.2) is 9.37 Å². The number of phenolic OH excluding ortho intramolecular Hbond substituents is 1. The van der Waals surface area contributed by atoms with Crippen LogP contribution in [0.15, 0.2) is 30.9 Å². The fourth-order valence-electron chi connectivity index (χ4n) is 6.52. The van der Waals surface area contributed by atoms with Crippen LogP contribution in [-0.2, 0) is 4.79 Å². The Bertz CT molecular complexity index is 1340. The maximum Gasteiger partial charge on any atom is 0.261 e. The second kappa shape index (κ2) is 9.98. The third kappa shape index (κ3) is 4.21. The molecule has 4 aliphatic rings. The fraction of sp³-hybridized carbons (Fsp3) is 0.464. The van der Waals surface area contributed by atoms with Gasteiger partial charge < -0.3 is 24.5 Å². The minimum atomic E-state index is -0.681. The first-order valence-electron chi connectivity index (χ1n) is 13.4. The Kier molecular flexibility index (Phi) is 6.63. The summed E-state index contributed by atoms with van der Waals surface area (Å²) in [5.41, 5.74) is 0.126. The molecule has 0 radical (unpaired) electrons. The molecular formula is C28H31ClFN5O4. The Balaban J connectivity index is 1.50. The van der Waals surface area contributed by atoms with Crippen molar-refractivity contribution in [2.45, 2.75) is 37.9 Å². The van der Waals surface area contributed by atoms with Gasteiger partial charge >= 0.3 is 0 Å². The van der Waals surface area contributed by atoms with E-state index in [9.17, 15) is 14.7 Å². The van der Waals surface area contributed by atoms with E-state index in [2.05, 4.69) is 23.3 Å². The highest BCUT2D eigenvalue weighted by atomic mass is 35.5. The summed E-state index contributed by atoms with van der Waals surface area (Å²) in [4.78, 5) is 39.3. The lowest BCUT2D eigenvalue weighted by Gasteiger charge is -2.44. The van der Waals surface area contributed by atoms with Gasteiger partial charge in [0.2, 0.25) is 5.91 Å². The van der Waals surface area contributed by atoms with Gasteiger partial charge in [0.05, 0.1) is 11.6 Å². The number of phenols is 1. The lowest BCUT2D eigenvalue weighted by molar-refractivity contribution is -0.128. The van der Waals surface area contributed by atoms with Crippen LogP contribution < -0.4 is 9.64 Å². The number of pyridine rings is 1. The van der Waals surface area contributed by atoms with E-state index in [1.165, 1.54) is 24.3 Å². The Hall–Kier alpha value is -3.37. The molecular weight excluding hydrogens is 525 g/mol. The summed E-state index contributed by atoms with van der Waals surface area (Å²) in [6.45, 7) is 9.26. The second-order valence-electron chi connectivity index (χ2n) is 10.6. The topological polar surface area (TPSA) is 89.5 Å². The first-order valence-corrected chi connectivity index (χ1v) is 13.7. The molecule has 11 heteroatoms. The molecule has 0 saturated carbocycles. The zero-order chi connectivity index (χ0) is 27.4. The number of carbonyl (C=O) groups is 2. The molecule has 1 aromatic heterocycles. The largest absolute Gasteiger partial charge is 0.507 e. The number of halogens is 2. The van der Waals surface area contributed by atoms with Crippen LogP contribution in [0.25, 0.3) is 11.3 Å². The molecule has 1 aromatic carbocycles. The molecule has 0 aliphatic carbocycles.